The maximum atomic E-state index is 11.2. The van der Waals surface area contributed by atoms with Gasteiger partial charge in [-0.3, -0.25) is 9.69 Å². The minimum Gasteiger partial charge on any atom is -0.492 e. The zero-order valence-corrected chi connectivity index (χ0v) is 12.2. The fraction of sp³-hybridized carbons (Fsp3) is 0.333. The second-order valence-corrected chi connectivity index (χ2v) is 4.50. The third-order valence-electron chi connectivity index (χ3n) is 2.71. The Morgan fingerprint density at radius 1 is 1.43 bits per heavy atom. The van der Waals surface area contributed by atoms with Gasteiger partial charge in [0.15, 0.2) is 0 Å². The number of likely N-dealkylation sites (N-methyl/N-ethyl adjacent to an activating group) is 2. The summed E-state index contributed by atoms with van der Waals surface area (Å²) in [6, 6.07) is 7.16. The quantitative estimate of drug-likeness (QED) is 0.694. The van der Waals surface area contributed by atoms with Crippen molar-refractivity contribution < 1.29 is 19.4 Å². The van der Waals surface area contributed by atoms with Crippen LogP contribution in [0.1, 0.15) is 5.56 Å². The van der Waals surface area contributed by atoms with Gasteiger partial charge in [0.25, 0.3) is 0 Å². The molecule has 0 radical (unpaired) electrons. The van der Waals surface area contributed by atoms with E-state index < -0.39 is 5.97 Å². The van der Waals surface area contributed by atoms with Crippen molar-refractivity contribution in [3.63, 3.8) is 0 Å². The Morgan fingerprint density at radius 2 is 2.19 bits per heavy atom. The SMILES string of the molecule is CNC(=O)CN(C)CCOc1cccc(C=CC(=O)O)c1. The van der Waals surface area contributed by atoms with Gasteiger partial charge in [-0.05, 0) is 30.8 Å². The molecule has 21 heavy (non-hydrogen) atoms. The Labute approximate surface area is 124 Å². The van der Waals surface area contributed by atoms with Crippen molar-refractivity contribution in [2.45, 2.75) is 0 Å². The fourth-order valence-electron chi connectivity index (χ4n) is 1.60. The van der Waals surface area contributed by atoms with Gasteiger partial charge in [-0.25, -0.2) is 4.79 Å². The number of amides is 1. The molecule has 1 aromatic carbocycles. The molecule has 0 spiro atoms. The Kier molecular flexibility index (Phi) is 6.97. The highest BCUT2D eigenvalue weighted by molar-refractivity contribution is 5.85. The van der Waals surface area contributed by atoms with E-state index in [1.807, 2.05) is 11.9 Å². The average molecular weight is 292 g/mol. The zero-order chi connectivity index (χ0) is 15.7. The van der Waals surface area contributed by atoms with Crippen molar-refractivity contribution in [1.82, 2.24) is 10.2 Å². The lowest BCUT2D eigenvalue weighted by Gasteiger charge is -2.15. The number of carbonyl (C=O) groups is 2. The van der Waals surface area contributed by atoms with Gasteiger partial charge >= 0.3 is 5.97 Å². The van der Waals surface area contributed by atoms with E-state index in [4.69, 9.17) is 9.84 Å². The number of hydrogen-bond donors (Lipinski definition) is 2. The van der Waals surface area contributed by atoms with Gasteiger partial charge in [-0.1, -0.05) is 12.1 Å². The molecule has 1 aromatic rings. The number of ether oxygens (including phenoxy) is 1. The summed E-state index contributed by atoms with van der Waals surface area (Å²) in [5.74, 6) is -0.369. The Hall–Kier alpha value is -2.34. The molecule has 0 fully saturated rings. The molecule has 1 rings (SSSR count). The molecule has 0 heterocycles. The molecule has 0 aliphatic heterocycles. The van der Waals surface area contributed by atoms with Crippen LogP contribution in [0.5, 0.6) is 5.75 Å². The fourth-order valence-corrected chi connectivity index (χ4v) is 1.60. The molecule has 1 amide bonds. The van der Waals surface area contributed by atoms with Crippen molar-refractivity contribution >= 4 is 18.0 Å². The first-order valence-corrected chi connectivity index (χ1v) is 6.54. The van der Waals surface area contributed by atoms with Crippen LogP contribution < -0.4 is 10.1 Å². The molecule has 6 nitrogen and oxygen atoms in total. The number of carboxylic acid groups (broad SMARTS) is 1. The van der Waals surface area contributed by atoms with E-state index in [-0.39, 0.29) is 5.91 Å². The summed E-state index contributed by atoms with van der Waals surface area (Å²) in [6.07, 6.45) is 2.59. The molecule has 0 atom stereocenters. The van der Waals surface area contributed by atoms with E-state index in [0.29, 0.717) is 25.4 Å². The zero-order valence-electron chi connectivity index (χ0n) is 12.2. The van der Waals surface area contributed by atoms with E-state index in [9.17, 15) is 9.59 Å². The van der Waals surface area contributed by atoms with Gasteiger partial charge in [0.05, 0.1) is 6.54 Å². The molecule has 0 aliphatic rings. The first-order valence-electron chi connectivity index (χ1n) is 6.54. The van der Waals surface area contributed by atoms with E-state index in [2.05, 4.69) is 5.32 Å². The number of hydrogen-bond acceptors (Lipinski definition) is 4. The maximum absolute atomic E-state index is 11.2. The molecule has 0 unspecified atom stereocenters. The molecule has 0 saturated heterocycles. The summed E-state index contributed by atoms with van der Waals surface area (Å²) in [4.78, 5) is 23.5. The highest BCUT2D eigenvalue weighted by atomic mass is 16.5. The normalized spacial score (nSPS) is 10.8. The van der Waals surface area contributed by atoms with Gasteiger partial charge < -0.3 is 15.2 Å². The number of rotatable bonds is 8. The lowest BCUT2D eigenvalue weighted by atomic mass is 10.2. The number of aliphatic carboxylic acids is 1. The second kappa shape index (κ2) is 8.76. The Balaban J connectivity index is 2.43. The number of nitrogens with zero attached hydrogens (tertiary/aromatic N) is 1. The monoisotopic (exact) mass is 292 g/mol. The van der Waals surface area contributed by atoms with Gasteiger partial charge in [0.1, 0.15) is 12.4 Å². The molecule has 0 aromatic heterocycles. The molecule has 0 saturated carbocycles. The van der Waals surface area contributed by atoms with E-state index >= 15 is 0 Å². The highest BCUT2D eigenvalue weighted by Gasteiger charge is 2.04. The highest BCUT2D eigenvalue weighted by Crippen LogP contribution is 2.14. The predicted molar refractivity (Wildman–Crippen MR) is 80.2 cm³/mol. The van der Waals surface area contributed by atoms with E-state index in [1.165, 1.54) is 6.08 Å². The van der Waals surface area contributed by atoms with Crippen LogP contribution >= 0.6 is 0 Å². The Bertz CT molecular complexity index is 514. The largest absolute Gasteiger partial charge is 0.492 e. The number of benzene rings is 1. The van der Waals surface area contributed by atoms with Crippen LogP contribution in [-0.4, -0.2) is 55.7 Å². The molecule has 6 heteroatoms. The number of carboxylic acids is 1. The average Bonchev–Trinajstić information content (AvgIpc) is 2.45. The summed E-state index contributed by atoms with van der Waals surface area (Å²) < 4.78 is 5.58. The first-order chi connectivity index (χ1) is 10.0. The number of nitrogens with one attached hydrogen (secondary N) is 1. The summed E-state index contributed by atoms with van der Waals surface area (Å²) in [6.45, 7) is 1.38. The maximum Gasteiger partial charge on any atom is 0.328 e. The third kappa shape index (κ3) is 7.12. The lowest BCUT2D eigenvalue weighted by Crippen LogP contribution is -2.35. The van der Waals surface area contributed by atoms with Crippen molar-refractivity contribution in [3.05, 3.63) is 35.9 Å². The van der Waals surface area contributed by atoms with Crippen LogP contribution in [0, 0.1) is 0 Å². The summed E-state index contributed by atoms with van der Waals surface area (Å²) >= 11 is 0. The van der Waals surface area contributed by atoms with Crippen LogP contribution in [0.2, 0.25) is 0 Å². The van der Waals surface area contributed by atoms with Crippen molar-refractivity contribution in [1.29, 1.82) is 0 Å². The van der Waals surface area contributed by atoms with Crippen LogP contribution in [-0.2, 0) is 9.59 Å². The summed E-state index contributed by atoms with van der Waals surface area (Å²) in [5.41, 5.74) is 0.758. The van der Waals surface area contributed by atoms with Gasteiger partial charge in [-0.15, -0.1) is 0 Å². The van der Waals surface area contributed by atoms with Gasteiger partial charge in [0, 0.05) is 19.7 Å². The Morgan fingerprint density at radius 3 is 2.86 bits per heavy atom. The molecular weight excluding hydrogens is 272 g/mol. The lowest BCUT2D eigenvalue weighted by molar-refractivity contribution is -0.131. The van der Waals surface area contributed by atoms with Crippen LogP contribution in [0.25, 0.3) is 6.08 Å². The molecule has 0 bridgehead atoms. The van der Waals surface area contributed by atoms with Gasteiger partial charge in [-0.2, -0.15) is 0 Å². The minimum absolute atomic E-state index is 0.0432. The smallest absolute Gasteiger partial charge is 0.328 e. The van der Waals surface area contributed by atoms with Gasteiger partial charge in [0.2, 0.25) is 5.91 Å². The second-order valence-electron chi connectivity index (χ2n) is 4.50. The van der Waals surface area contributed by atoms with E-state index in [0.717, 1.165) is 11.6 Å². The number of carbonyl (C=O) groups excluding carboxylic acids is 1. The van der Waals surface area contributed by atoms with E-state index in [1.54, 1.807) is 31.3 Å². The van der Waals surface area contributed by atoms with Crippen LogP contribution in [0.4, 0.5) is 0 Å². The standard InChI is InChI=1S/C15H20N2O4/c1-16-14(18)11-17(2)8-9-21-13-5-3-4-12(10-13)6-7-15(19)20/h3-7,10H,8-9,11H2,1-2H3,(H,16,18)(H,19,20). The minimum atomic E-state index is -0.989. The first kappa shape index (κ1) is 16.7. The molecular formula is C15H20N2O4. The summed E-state index contributed by atoms with van der Waals surface area (Å²) in [5, 5.41) is 11.1. The van der Waals surface area contributed by atoms with Crippen LogP contribution in [0.3, 0.4) is 0 Å². The topological polar surface area (TPSA) is 78.9 Å². The molecule has 2 N–H and O–H groups in total. The van der Waals surface area contributed by atoms with Crippen molar-refractivity contribution in [3.8, 4) is 5.75 Å². The van der Waals surface area contributed by atoms with Crippen molar-refractivity contribution in [2.24, 2.45) is 0 Å². The predicted octanol–water partition coefficient (Wildman–Crippen LogP) is 0.841. The molecule has 114 valence electrons. The van der Waals surface area contributed by atoms with Crippen LogP contribution in [0.15, 0.2) is 30.3 Å². The summed E-state index contributed by atoms with van der Waals surface area (Å²) in [7, 11) is 3.44. The van der Waals surface area contributed by atoms with Crippen molar-refractivity contribution in [2.75, 3.05) is 33.8 Å². The third-order valence-corrected chi connectivity index (χ3v) is 2.71. The molecule has 0 aliphatic carbocycles.